The van der Waals surface area contributed by atoms with Crippen molar-refractivity contribution < 1.29 is 13.9 Å². The molecule has 6 heteroatoms. The molecule has 0 aliphatic carbocycles. The molecule has 4 nitrogen and oxygen atoms in total. The van der Waals surface area contributed by atoms with Crippen molar-refractivity contribution in [1.82, 2.24) is 5.32 Å². The second kappa shape index (κ2) is 7.32. The molecule has 1 saturated heterocycles. The third-order valence-corrected chi connectivity index (χ3v) is 4.74. The summed E-state index contributed by atoms with van der Waals surface area (Å²) in [6.45, 7) is 1.08. The van der Waals surface area contributed by atoms with Crippen LogP contribution in [0.15, 0.2) is 46.9 Å². The number of rotatable bonds is 5. The number of hydrogen-bond acceptors (Lipinski definition) is 3. The maximum atomic E-state index is 13.9. The van der Waals surface area contributed by atoms with Gasteiger partial charge in [0.05, 0.1) is 23.3 Å². The minimum absolute atomic E-state index is 0.0901. The van der Waals surface area contributed by atoms with Crippen LogP contribution in [0.1, 0.15) is 12.0 Å². The van der Waals surface area contributed by atoms with Gasteiger partial charge in [-0.2, -0.15) is 0 Å². The summed E-state index contributed by atoms with van der Waals surface area (Å²) >= 11 is 3.45. The topological polar surface area (TPSA) is 41.6 Å². The zero-order chi connectivity index (χ0) is 17.1. The number of halogens is 2. The Balaban J connectivity index is 1.64. The summed E-state index contributed by atoms with van der Waals surface area (Å²) in [5.74, 6) is 0.305. The molecule has 1 aliphatic rings. The monoisotopic (exact) mass is 392 g/mol. The molecule has 1 amide bonds. The number of benzene rings is 2. The molecule has 3 rings (SSSR count). The van der Waals surface area contributed by atoms with Gasteiger partial charge in [-0.15, -0.1) is 0 Å². The first-order valence-corrected chi connectivity index (χ1v) is 8.51. The van der Waals surface area contributed by atoms with Crippen molar-refractivity contribution in [3.8, 4) is 5.75 Å². The molecule has 0 bridgehead atoms. The highest BCUT2D eigenvalue weighted by atomic mass is 79.9. The van der Waals surface area contributed by atoms with Crippen LogP contribution in [-0.4, -0.2) is 25.6 Å². The van der Waals surface area contributed by atoms with Gasteiger partial charge in [-0.1, -0.05) is 18.2 Å². The van der Waals surface area contributed by atoms with E-state index in [-0.39, 0.29) is 17.8 Å². The van der Waals surface area contributed by atoms with Gasteiger partial charge in [0.1, 0.15) is 11.6 Å². The molecule has 2 aromatic rings. The lowest BCUT2D eigenvalue weighted by molar-refractivity contribution is -0.118. The van der Waals surface area contributed by atoms with Crippen molar-refractivity contribution in [2.45, 2.75) is 19.0 Å². The maximum Gasteiger partial charge on any atom is 0.244 e. The van der Waals surface area contributed by atoms with E-state index < -0.39 is 0 Å². The van der Waals surface area contributed by atoms with Crippen LogP contribution in [-0.2, 0) is 11.3 Å². The number of methoxy groups -OCH3 is 1. The van der Waals surface area contributed by atoms with Gasteiger partial charge in [-0.05, 0) is 52.2 Å². The average molecular weight is 393 g/mol. The SMILES string of the molecule is COc1ccc(CNC2CCN(c3ccccc3F)C2=O)cc1Br. The minimum Gasteiger partial charge on any atom is -0.496 e. The highest BCUT2D eigenvalue weighted by Gasteiger charge is 2.33. The zero-order valence-corrected chi connectivity index (χ0v) is 14.8. The van der Waals surface area contributed by atoms with E-state index in [2.05, 4.69) is 21.2 Å². The largest absolute Gasteiger partial charge is 0.496 e. The highest BCUT2D eigenvalue weighted by molar-refractivity contribution is 9.10. The molecular weight excluding hydrogens is 375 g/mol. The van der Waals surface area contributed by atoms with E-state index in [0.717, 1.165) is 15.8 Å². The number of nitrogens with one attached hydrogen (secondary N) is 1. The average Bonchev–Trinajstić information content (AvgIpc) is 2.94. The number of para-hydroxylation sites is 1. The van der Waals surface area contributed by atoms with Crippen LogP contribution in [0, 0.1) is 5.82 Å². The summed E-state index contributed by atoms with van der Waals surface area (Å²) < 4.78 is 20.0. The van der Waals surface area contributed by atoms with E-state index >= 15 is 0 Å². The van der Waals surface area contributed by atoms with Crippen molar-refractivity contribution in [2.75, 3.05) is 18.6 Å². The second-order valence-electron chi connectivity index (χ2n) is 5.63. The second-order valence-corrected chi connectivity index (χ2v) is 6.49. The molecule has 2 aromatic carbocycles. The Kier molecular flexibility index (Phi) is 5.16. The summed E-state index contributed by atoms with van der Waals surface area (Å²) in [6, 6.07) is 11.9. The number of carbonyl (C=O) groups excluding carboxylic acids is 1. The third kappa shape index (κ3) is 3.44. The van der Waals surface area contributed by atoms with Crippen LogP contribution in [0.4, 0.5) is 10.1 Å². The van der Waals surface area contributed by atoms with Gasteiger partial charge in [-0.25, -0.2) is 4.39 Å². The van der Waals surface area contributed by atoms with E-state index in [4.69, 9.17) is 4.74 Å². The van der Waals surface area contributed by atoms with Gasteiger partial charge in [0.15, 0.2) is 0 Å². The molecule has 1 N–H and O–H groups in total. The van der Waals surface area contributed by atoms with Crippen LogP contribution >= 0.6 is 15.9 Å². The lowest BCUT2D eigenvalue weighted by Crippen LogP contribution is -2.38. The normalized spacial score (nSPS) is 17.4. The van der Waals surface area contributed by atoms with Gasteiger partial charge < -0.3 is 15.0 Å². The smallest absolute Gasteiger partial charge is 0.244 e. The Bertz CT molecular complexity index is 754. The molecule has 0 saturated carbocycles. The van der Waals surface area contributed by atoms with Crippen LogP contribution in [0.3, 0.4) is 0 Å². The van der Waals surface area contributed by atoms with Crippen molar-refractivity contribution in [2.24, 2.45) is 0 Å². The molecule has 1 atom stereocenters. The molecule has 0 radical (unpaired) electrons. The number of anilines is 1. The number of ether oxygens (including phenoxy) is 1. The summed E-state index contributed by atoms with van der Waals surface area (Å²) in [7, 11) is 1.62. The van der Waals surface area contributed by atoms with Gasteiger partial charge in [0.25, 0.3) is 0 Å². The number of amides is 1. The fraction of sp³-hybridized carbons (Fsp3) is 0.278. The van der Waals surface area contributed by atoms with Gasteiger partial charge in [-0.3, -0.25) is 4.79 Å². The molecule has 1 fully saturated rings. The summed E-state index contributed by atoms with van der Waals surface area (Å²) in [4.78, 5) is 14.0. The third-order valence-electron chi connectivity index (χ3n) is 4.12. The molecule has 24 heavy (non-hydrogen) atoms. The summed E-state index contributed by atoms with van der Waals surface area (Å²) in [6.07, 6.45) is 0.657. The minimum atomic E-state index is -0.370. The van der Waals surface area contributed by atoms with Crippen LogP contribution < -0.4 is 15.0 Å². The number of hydrogen-bond donors (Lipinski definition) is 1. The Morgan fingerprint density at radius 1 is 1.33 bits per heavy atom. The van der Waals surface area contributed by atoms with E-state index in [1.807, 2.05) is 18.2 Å². The predicted molar refractivity (Wildman–Crippen MR) is 94.7 cm³/mol. The molecule has 1 heterocycles. The predicted octanol–water partition coefficient (Wildman–Crippen LogP) is 3.49. The zero-order valence-electron chi connectivity index (χ0n) is 13.3. The van der Waals surface area contributed by atoms with Crippen LogP contribution in [0.5, 0.6) is 5.75 Å². The Morgan fingerprint density at radius 2 is 2.12 bits per heavy atom. The summed E-state index contributed by atoms with van der Waals surface area (Å²) in [5, 5.41) is 3.26. The first-order valence-electron chi connectivity index (χ1n) is 7.72. The Morgan fingerprint density at radius 3 is 2.83 bits per heavy atom. The number of carbonyl (C=O) groups is 1. The lowest BCUT2D eigenvalue weighted by Gasteiger charge is -2.18. The quantitative estimate of drug-likeness (QED) is 0.846. The van der Waals surface area contributed by atoms with Crippen molar-refractivity contribution in [3.63, 3.8) is 0 Å². The van der Waals surface area contributed by atoms with Crippen LogP contribution in [0.2, 0.25) is 0 Å². The fourth-order valence-electron chi connectivity index (χ4n) is 2.84. The standard InChI is InChI=1S/C18H18BrFN2O2/c1-24-17-7-6-12(10-13(17)19)11-21-15-8-9-22(18(15)23)16-5-3-2-4-14(16)20/h2-7,10,15,21H,8-9,11H2,1H3. The molecular formula is C18H18BrFN2O2. The first-order chi connectivity index (χ1) is 11.6. The van der Waals surface area contributed by atoms with E-state index in [9.17, 15) is 9.18 Å². The molecule has 0 aromatic heterocycles. The number of nitrogens with zero attached hydrogens (tertiary/aromatic N) is 1. The van der Waals surface area contributed by atoms with Crippen LogP contribution in [0.25, 0.3) is 0 Å². The lowest BCUT2D eigenvalue weighted by atomic mass is 10.2. The molecule has 1 unspecified atom stereocenters. The highest BCUT2D eigenvalue weighted by Crippen LogP contribution is 2.27. The van der Waals surface area contributed by atoms with Gasteiger partial charge in [0, 0.05) is 13.1 Å². The van der Waals surface area contributed by atoms with Crippen molar-refractivity contribution >= 4 is 27.5 Å². The maximum absolute atomic E-state index is 13.9. The van der Waals surface area contributed by atoms with Crippen molar-refractivity contribution in [3.05, 3.63) is 58.3 Å². The van der Waals surface area contributed by atoms with E-state index in [1.54, 1.807) is 25.3 Å². The molecule has 1 aliphatic heterocycles. The van der Waals surface area contributed by atoms with Gasteiger partial charge >= 0.3 is 0 Å². The fourth-order valence-corrected chi connectivity index (χ4v) is 3.43. The summed E-state index contributed by atoms with van der Waals surface area (Å²) in [5.41, 5.74) is 1.39. The van der Waals surface area contributed by atoms with Gasteiger partial charge in [0.2, 0.25) is 5.91 Å². The van der Waals surface area contributed by atoms with E-state index in [0.29, 0.717) is 25.2 Å². The van der Waals surface area contributed by atoms with E-state index in [1.165, 1.54) is 11.0 Å². The molecule has 0 spiro atoms. The Labute approximate surface area is 148 Å². The van der Waals surface area contributed by atoms with Crippen molar-refractivity contribution in [1.29, 1.82) is 0 Å². The Hall–Kier alpha value is -1.92. The first kappa shape index (κ1) is 16.9. The molecule has 126 valence electrons.